The molecule has 0 aliphatic carbocycles. The van der Waals surface area contributed by atoms with Crippen LogP contribution in [-0.4, -0.2) is 56.3 Å². The third-order valence-electron chi connectivity index (χ3n) is 5.05. The van der Waals surface area contributed by atoms with E-state index in [1.54, 1.807) is 12.5 Å². The van der Waals surface area contributed by atoms with Gasteiger partial charge in [-0.1, -0.05) is 0 Å². The Bertz CT molecular complexity index is 489. The zero-order valence-corrected chi connectivity index (χ0v) is 14.0. The minimum atomic E-state index is 0.210. The topological polar surface area (TPSA) is 62.0 Å². The van der Waals surface area contributed by atoms with Gasteiger partial charge in [0.15, 0.2) is 5.96 Å². The van der Waals surface area contributed by atoms with E-state index >= 15 is 0 Å². The van der Waals surface area contributed by atoms with Gasteiger partial charge in [-0.15, -0.1) is 0 Å². The zero-order valence-electron chi connectivity index (χ0n) is 14.0. The molecule has 0 aromatic carbocycles. The van der Waals surface area contributed by atoms with Gasteiger partial charge in [-0.2, -0.15) is 0 Å². The fourth-order valence-electron chi connectivity index (χ4n) is 3.60. The number of furan rings is 1. The standard InChI is InChI=1S/C17H28N4O2/c1-18-16(19-12-15-4-9-23-13-15)20-14-17(5-10-22-11-6-17)21-7-2-3-8-21/h4,9,13H,2-3,5-8,10-12,14H2,1H3,(H2,18,19,20). The van der Waals surface area contributed by atoms with Crippen LogP contribution in [0, 0.1) is 0 Å². The molecule has 2 aliphatic heterocycles. The van der Waals surface area contributed by atoms with Gasteiger partial charge in [0, 0.05) is 44.5 Å². The maximum absolute atomic E-state index is 5.60. The van der Waals surface area contributed by atoms with Gasteiger partial charge in [0.2, 0.25) is 0 Å². The molecular formula is C17H28N4O2. The van der Waals surface area contributed by atoms with Crippen molar-refractivity contribution in [2.45, 2.75) is 37.8 Å². The lowest BCUT2D eigenvalue weighted by Gasteiger charge is -2.45. The predicted octanol–water partition coefficient (Wildman–Crippen LogP) is 1.59. The third kappa shape index (κ3) is 4.06. The Hall–Kier alpha value is -1.53. The summed E-state index contributed by atoms with van der Waals surface area (Å²) in [4.78, 5) is 7.00. The van der Waals surface area contributed by atoms with Crippen LogP contribution in [0.25, 0.3) is 0 Å². The first-order chi connectivity index (χ1) is 11.3. The van der Waals surface area contributed by atoms with Crippen molar-refractivity contribution in [2.75, 3.05) is 39.9 Å². The van der Waals surface area contributed by atoms with Gasteiger partial charge in [-0.3, -0.25) is 9.89 Å². The van der Waals surface area contributed by atoms with Crippen molar-refractivity contribution >= 4 is 5.96 Å². The van der Waals surface area contributed by atoms with Gasteiger partial charge < -0.3 is 19.8 Å². The highest BCUT2D eigenvalue weighted by Crippen LogP contribution is 2.30. The molecule has 128 valence electrons. The molecule has 3 heterocycles. The second-order valence-electron chi connectivity index (χ2n) is 6.44. The minimum Gasteiger partial charge on any atom is -0.472 e. The van der Waals surface area contributed by atoms with E-state index in [0.717, 1.165) is 50.7 Å². The number of nitrogens with one attached hydrogen (secondary N) is 2. The van der Waals surface area contributed by atoms with E-state index in [1.165, 1.54) is 25.9 Å². The largest absolute Gasteiger partial charge is 0.472 e. The van der Waals surface area contributed by atoms with E-state index in [2.05, 4.69) is 20.5 Å². The fraction of sp³-hybridized carbons (Fsp3) is 0.706. The molecule has 0 radical (unpaired) electrons. The van der Waals surface area contributed by atoms with Gasteiger partial charge in [-0.05, 0) is 44.8 Å². The van der Waals surface area contributed by atoms with Crippen LogP contribution in [-0.2, 0) is 11.3 Å². The van der Waals surface area contributed by atoms with Crippen molar-refractivity contribution < 1.29 is 9.15 Å². The van der Waals surface area contributed by atoms with Crippen molar-refractivity contribution in [3.05, 3.63) is 24.2 Å². The number of likely N-dealkylation sites (tertiary alicyclic amines) is 1. The van der Waals surface area contributed by atoms with Crippen molar-refractivity contribution in [1.82, 2.24) is 15.5 Å². The van der Waals surface area contributed by atoms with Gasteiger partial charge in [0.1, 0.15) is 0 Å². The number of hydrogen-bond acceptors (Lipinski definition) is 4. The molecule has 2 aliphatic rings. The SMILES string of the molecule is CN=C(NCc1ccoc1)NCC1(N2CCCC2)CCOCC1. The van der Waals surface area contributed by atoms with Crippen molar-refractivity contribution in [3.8, 4) is 0 Å². The van der Waals surface area contributed by atoms with Crippen LogP contribution in [0.3, 0.4) is 0 Å². The summed E-state index contributed by atoms with van der Waals surface area (Å²) in [7, 11) is 1.82. The maximum Gasteiger partial charge on any atom is 0.191 e. The Balaban J connectivity index is 1.56. The summed E-state index contributed by atoms with van der Waals surface area (Å²) in [5.41, 5.74) is 1.33. The van der Waals surface area contributed by atoms with Crippen molar-refractivity contribution in [2.24, 2.45) is 4.99 Å². The van der Waals surface area contributed by atoms with Crippen LogP contribution in [0.15, 0.2) is 28.0 Å². The van der Waals surface area contributed by atoms with Crippen molar-refractivity contribution in [3.63, 3.8) is 0 Å². The lowest BCUT2D eigenvalue weighted by Crippen LogP contribution is -2.58. The summed E-state index contributed by atoms with van der Waals surface area (Å²) < 4.78 is 10.7. The zero-order chi connectivity index (χ0) is 16.0. The van der Waals surface area contributed by atoms with Crippen molar-refractivity contribution in [1.29, 1.82) is 0 Å². The summed E-state index contributed by atoms with van der Waals surface area (Å²) >= 11 is 0. The molecule has 0 atom stereocenters. The van der Waals surface area contributed by atoms with Crippen LogP contribution >= 0.6 is 0 Å². The first-order valence-corrected chi connectivity index (χ1v) is 8.61. The quantitative estimate of drug-likeness (QED) is 0.637. The van der Waals surface area contributed by atoms with Gasteiger partial charge in [0.25, 0.3) is 0 Å². The summed E-state index contributed by atoms with van der Waals surface area (Å²) in [5, 5.41) is 6.88. The van der Waals surface area contributed by atoms with Crippen LogP contribution in [0.4, 0.5) is 0 Å². The second kappa shape index (κ2) is 7.84. The molecule has 6 nitrogen and oxygen atoms in total. The molecule has 23 heavy (non-hydrogen) atoms. The Kier molecular flexibility index (Phi) is 5.56. The summed E-state index contributed by atoms with van der Waals surface area (Å²) in [6, 6.07) is 1.96. The molecule has 1 aromatic rings. The molecule has 0 amide bonds. The Morgan fingerprint density at radius 3 is 2.70 bits per heavy atom. The molecule has 1 aromatic heterocycles. The van der Waals surface area contributed by atoms with E-state index < -0.39 is 0 Å². The molecule has 0 saturated carbocycles. The average Bonchev–Trinajstić information content (AvgIpc) is 3.30. The highest BCUT2D eigenvalue weighted by Gasteiger charge is 2.39. The van der Waals surface area contributed by atoms with Gasteiger partial charge in [-0.25, -0.2) is 0 Å². The average molecular weight is 320 g/mol. The monoisotopic (exact) mass is 320 g/mol. The minimum absolute atomic E-state index is 0.210. The molecule has 6 heteroatoms. The Morgan fingerprint density at radius 1 is 1.26 bits per heavy atom. The van der Waals surface area contributed by atoms with E-state index in [0.29, 0.717) is 0 Å². The molecule has 3 rings (SSSR count). The highest BCUT2D eigenvalue weighted by atomic mass is 16.5. The third-order valence-corrected chi connectivity index (χ3v) is 5.05. The van der Waals surface area contributed by atoms with Gasteiger partial charge in [0.05, 0.1) is 12.5 Å². The summed E-state index contributed by atoms with van der Waals surface area (Å²) in [6.07, 6.45) is 8.27. The number of guanidine groups is 1. The fourth-order valence-corrected chi connectivity index (χ4v) is 3.60. The van der Waals surface area contributed by atoms with E-state index in [1.807, 2.05) is 13.1 Å². The van der Waals surface area contributed by atoms with Crippen LogP contribution in [0.1, 0.15) is 31.2 Å². The van der Waals surface area contributed by atoms with Gasteiger partial charge >= 0.3 is 0 Å². The van der Waals surface area contributed by atoms with Crippen LogP contribution in [0.2, 0.25) is 0 Å². The molecular weight excluding hydrogens is 292 g/mol. The molecule has 0 bridgehead atoms. The molecule has 2 fully saturated rings. The number of hydrogen-bond donors (Lipinski definition) is 2. The summed E-state index contributed by atoms with van der Waals surface area (Å²) in [6.45, 7) is 5.78. The lowest BCUT2D eigenvalue weighted by atomic mass is 9.88. The highest BCUT2D eigenvalue weighted by molar-refractivity contribution is 5.79. The van der Waals surface area contributed by atoms with Crippen LogP contribution < -0.4 is 10.6 Å². The number of aliphatic imine (C=N–C) groups is 1. The smallest absolute Gasteiger partial charge is 0.191 e. The summed E-state index contributed by atoms with van der Waals surface area (Å²) in [5.74, 6) is 0.844. The first kappa shape index (κ1) is 16.3. The van der Waals surface area contributed by atoms with Crippen LogP contribution in [0.5, 0.6) is 0 Å². The molecule has 0 unspecified atom stereocenters. The Morgan fingerprint density at radius 2 is 2.04 bits per heavy atom. The number of ether oxygens (including phenoxy) is 1. The van der Waals surface area contributed by atoms with E-state index in [9.17, 15) is 0 Å². The second-order valence-corrected chi connectivity index (χ2v) is 6.44. The lowest BCUT2D eigenvalue weighted by molar-refractivity contribution is -0.0164. The van der Waals surface area contributed by atoms with E-state index in [-0.39, 0.29) is 5.54 Å². The molecule has 0 spiro atoms. The normalized spacial score (nSPS) is 22.2. The predicted molar refractivity (Wildman–Crippen MR) is 90.5 cm³/mol. The maximum atomic E-state index is 5.60. The number of nitrogens with zero attached hydrogens (tertiary/aromatic N) is 2. The number of rotatable bonds is 5. The molecule has 2 N–H and O–H groups in total. The first-order valence-electron chi connectivity index (χ1n) is 8.61. The molecule has 2 saturated heterocycles. The Labute approximate surface area is 138 Å². The van der Waals surface area contributed by atoms with E-state index in [4.69, 9.17) is 9.15 Å².